The molecule has 1 N–H and O–H groups in total. The van der Waals surface area contributed by atoms with Crippen LogP contribution in [0.4, 0.5) is 17.6 Å². The molecule has 2 rings (SSSR count). The fourth-order valence-electron chi connectivity index (χ4n) is 2.25. The van der Waals surface area contributed by atoms with E-state index in [1.54, 1.807) is 0 Å². The maximum atomic E-state index is 13.4. The third kappa shape index (κ3) is 3.25. The monoisotopic (exact) mass is 278 g/mol. The molecule has 19 heavy (non-hydrogen) atoms. The molecule has 1 saturated heterocycles. The lowest BCUT2D eigenvalue weighted by Crippen LogP contribution is -2.22. The summed E-state index contributed by atoms with van der Waals surface area (Å²) in [6.45, 7) is 1.01. The maximum absolute atomic E-state index is 13.4. The minimum Gasteiger partial charge on any atom is -0.388 e. The summed E-state index contributed by atoms with van der Waals surface area (Å²) in [4.78, 5) is 0. The van der Waals surface area contributed by atoms with Crippen molar-refractivity contribution in [1.29, 1.82) is 0 Å². The van der Waals surface area contributed by atoms with Crippen LogP contribution in [0.5, 0.6) is 0 Å². The summed E-state index contributed by atoms with van der Waals surface area (Å²) >= 11 is 0. The second-order valence-corrected chi connectivity index (χ2v) is 4.63. The lowest BCUT2D eigenvalue weighted by Gasteiger charge is -2.27. The average molecular weight is 278 g/mol. The van der Waals surface area contributed by atoms with E-state index in [1.807, 2.05) is 0 Å². The van der Waals surface area contributed by atoms with E-state index in [0.717, 1.165) is 12.1 Å². The molecule has 1 heterocycles. The zero-order valence-corrected chi connectivity index (χ0v) is 10.1. The predicted octanol–water partition coefficient (Wildman–Crippen LogP) is 3.30. The first-order chi connectivity index (χ1) is 8.89. The fourth-order valence-corrected chi connectivity index (χ4v) is 2.25. The molecule has 6 heteroatoms. The third-order valence-electron chi connectivity index (χ3n) is 3.35. The normalized spacial score (nSPS) is 19.4. The molecule has 0 spiro atoms. The highest BCUT2D eigenvalue weighted by molar-refractivity contribution is 5.28. The second kappa shape index (κ2) is 5.46. The number of ether oxygens (including phenoxy) is 1. The van der Waals surface area contributed by atoms with Gasteiger partial charge in [0.25, 0.3) is 0 Å². The first-order valence-electron chi connectivity index (χ1n) is 6.02. The number of hydrogen-bond donors (Lipinski definition) is 1. The van der Waals surface area contributed by atoms with Crippen LogP contribution in [0.1, 0.15) is 30.1 Å². The van der Waals surface area contributed by atoms with Gasteiger partial charge in [0.1, 0.15) is 5.82 Å². The van der Waals surface area contributed by atoms with Gasteiger partial charge in [-0.25, -0.2) is 4.39 Å². The van der Waals surface area contributed by atoms with Crippen molar-refractivity contribution >= 4 is 0 Å². The molecule has 0 bridgehead atoms. The van der Waals surface area contributed by atoms with Crippen LogP contribution in [0.15, 0.2) is 18.2 Å². The van der Waals surface area contributed by atoms with Crippen LogP contribution < -0.4 is 0 Å². The number of benzene rings is 1. The first kappa shape index (κ1) is 14.3. The highest BCUT2D eigenvalue weighted by atomic mass is 19.4. The molecule has 0 saturated carbocycles. The predicted molar refractivity (Wildman–Crippen MR) is 59.9 cm³/mol. The van der Waals surface area contributed by atoms with E-state index >= 15 is 0 Å². The van der Waals surface area contributed by atoms with E-state index in [4.69, 9.17) is 4.74 Å². The molecule has 0 radical (unpaired) electrons. The van der Waals surface area contributed by atoms with Gasteiger partial charge < -0.3 is 9.84 Å². The number of halogens is 4. The molecule has 2 nitrogen and oxygen atoms in total. The van der Waals surface area contributed by atoms with E-state index in [9.17, 15) is 22.7 Å². The Bertz CT molecular complexity index is 439. The van der Waals surface area contributed by atoms with Crippen LogP contribution in [0.3, 0.4) is 0 Å². The van der Waals surface area contributed by atoms with Crippen molar-refractivity contribution in [2.24, 2.45) is 5.92 Å². The fraction of sp³-hybridized carbons (Fsp3) is 0.538. The van der Waals surface area contributed by atoms with Gasteiger partial charge in [0.05, 0.1) is 11.7 Å². The molecule has 1 unspecified atom stereocenters. The van der Waals surface area contributed by atoms with Gasteiger partial charge in [0.15, 0.2) is 0 Å². The number of aliphatic hydroxyl groups excluding tert-OH is 1. The van der Waals surface area contributed by atoms with E-state index in [1.165, 1.54) is 0 Å². The minimum atomic E-state index is -4.72. The number of rotatable bonds is 2. The first-order valence-corrected chi connectivity index (χ1v) is 6.02. The van der Waals surface area contributed by atoms with Gasteiger partial charge in [-0.2, -0.15) is 13.2 Å². The van der Waals surface area contributed by atoms with Crippen molar-refractivity contribution in [2.75, 3.05) is 13.2 Å². The van der Waals surface area contributed by atoms with Crippen molar-refractivity contribution in [3.63, 3.8) is 0 Å². The molecular weight excluding hydrogens is 264 g/mol. The van der Waals surface area contributed by atoms with Gasteiger partial charge in [-0.1, -0.05) is 6.07 Å². The minimum absolute atomic E-state index is 0.107. The van der Waals surface area contributed by atoms with Crippen LogP contribution in [-0.2, 0) is 10.9 Å². The Labute approximate surface area is 108 Å². The topological polar surface area (TPSA) is 29.5 Å². The number of alkyl halides is 3. The molecule has 1 aromatic rings. The lowest BCUT2D eigenvalue weighted by molar-refractivity contribution is -0.140. The summed E-state index contributed by atoms with van der Waals surface area (Å²) < 4.78 is 55.8. The largest absolute Gasteiger partial charge is 0.419 e. The van der Waals surface area contributed by atoms with Gasteiger partial charge in [0, 0.05) is 13.2 Å². The molecule has 1 atom stereocenters. The van der Waals surface area contributed by atoms with Crippen molar-refractivity contribution < 1.29 is 27.4 Å². The SMILES string of the molecule is OC(c1ccc(C(F)(F)F)c(F)c1)C1CCOCC1. The lowest BCUT2D eigenvalue weighted by atomic mass is 9.89. The highest BCUT2D eigenvalue weighted by Crippen LogP contribution is 2.35. The van der Waals surface area contributed by atoms with E-state index in [-0.39, 0.29) is 11.5 Å². The average Bonchev–Trinajstić information content (AvgIpc) is 2.37. The van der Waals surface area contributed by atoms with Crippen LogP contribution in [0.25, 0.3) is 0 Å². The summed E-state index contributed by atoms with van der Waals surface area (Å²) in [6.07, 6.45) is -4.44. The molecule has 0 aromatic heterocycles. The molecule has 106 valence electrons. The van der Waals surface area contributed by atoms with E-state index < -0.39 is 23.7 Å². The molecule has 0 amide bonds. The van der Waals surface area contributed by atoms with Gasteiger partial charge in [-0.05, 0) is 36.5 Å². The summed E-state index contributed by atoms with van der Waals surface area (Å²) in [6, 6.07) is 2.57. The van der Waals surface area contributed by atoms with Crippen LogP contribution in [0, 0.1) is 11.7 Å². The molecular formula is C13H14F4O2. The standard InChI is InChI=1S/C13H14F4O2/c14-11-7-9(1-2-10(11)13(15,16)17)12(18)8-3-5-19-6-4-8/h1-2,7-8,12,18H,3-6H2. The van der Waals surface area contributed by atoms with E-state index in [0.29, 0.717) is 32.1 Å². The smallest absolute Gasteiger partial charge is 0.388 e. The molecule has 0 aliphatic carbocycles. The Morgan fingerprint density at radius 2 is 1.84 bits per heavy atom. The quantitative estimate of drug-likeness (QED) is 0.841. The Morgan fingerprint density at radius 3 is 2.37 bits per heavy atom. The third-order valence-corrected chi connectivity index (χ3v) is 3.35. The summed E-state index contributed by atoms with van der Waals surface area (Å²) in [7, 11) is 0. The summed E-state index contributed by atoms with van der Waals surface area (Å²) in [5.41, 5.74) is -1.13. The van der Waals surface area contributed by atoms with Crippen molar-refractivity contribution in [2.45, 2.75) is 25.1 Å². The Kier molecular flexibility index (Phi) is 4.10. The Hall–Kier alpha value is -1.14. The summed E-state index contributed by atoms with van der Waals surface area (Å²) in [5, 5.41) is 10.1. The second-order valence-electron chi connectivity index (χ2n) is 4.63. The van der Waals surface area contributed by atoms with Crippen molar-refractivity contribution in [3.05, 3.63) is 35.1 Å². The highest BCUT2D eigenvalue weighted by Gasteiger charge is 2.34. The van der Waals surface area contributed by atoms with Gasteiger partial charge in [-0.15, -0.1) is 0 Å². The molecule has 1 fully saturated rings. The van der Waals surface area contributed by atoms with Gasteiger partial charge >= 0.3 is 6.18 Å². The Balaban J connectivity index is 2.19. The zero-order chi connectivity index (χ0) is 14.0. The van der Waals surface area contributed by atoms with Crippen LogP contribution in [0.2, 0.25) is 0 Å². The van der Waals surface area contributed by atoms with E-state index in [2.05, 4.69) is 0 Å². The molecule has 1 aromatic carbocycles. The maximum Gasteiger partial charge on any atom is 0.419 e. The van der Waals surface area contributed by atoms with Gasteiger partial charge in [-0.3, -0.25) is 0 Å². The van der Waals surface area contributed by atoms with Crippen LogP contribution >= 0.6 is 0 Å². The van der Waals surface area contributed by atoms with Crippen molar-refractivity contribution in [3.8, 4) is 0 Å². The van der Waals surface area contributed by atoms with Gasteiger partial charge in [0.2, 0.25) is 0 Å². The number of hydrogen-bond acceptors (Lipinski definition) is 2. The molecule has 1 aliphatic heterocycles. The number of aliphatic hydroxyl groups is 1. The summed E-state index contributed by atoms with van der Waals surface area (Å²) in [5.74, 6) is -1.46. The zero-order valence-electron chi connectivity index (χ0n) is 10.1. The van der Waals surface area contributed by atoms with Crippen molar-refractivity contribution in [1.82, 2.24) is 0 Å². The Morgan fingerprint density at radius 1 is 1.21 bits per heavy atom. The molecule has 1 aliphatic rings. The van der Waals surface area contributed by atoms with Crippen LogP contribution in [-0.4, -0.2) is 18.3 Å².